The average molecular weight is 278 g/mol. The van der Waals surface area contributed by atoms with E-state index < -0.39 is 0 Å². The molecular formula is C15H26N4O. The number of hydrogen-bond donors (Lipinski definition) is 0. The highest BCUT2D eigenvalue weighted by atomic mass is 16.2. The molecule has 2 heterocycles. The van der Waals surface area contributed by atoms with Crippen LogP contribution in [0.15, 0.2) is 12.4 Å². The van der Waals surface area contributed by atoms with Crippen molar-refractivity contribution in [1.29, 1.82) is 0 Å². The van der Waals surface area contributed by atoms with E-state index >= 15 is 0 Å². The van der Waals surface area contributed by atoms with Gasteiger partial charge in [0, 0.05) is 50.9 Å². The normalized spacial score (nSPS) is 16.9. The molecule has 1 aromatic heterocycles. The van der Waals surface area contributed by atoms with Crippen LogP contribution in [0, 0.1) is 0 Å². The summed E-state index contributed by atoms with van der Waals surface area (Å²) in [6.45, 7) is 4.80. The third-order valence-corrected chi connectivity index (χ3v) is 4.25. The molecule has 1 saturated heterocycles. The van der Waals surface area contributed by atoms with Gasteiger partial charge in [0.15, 0.2) is 0 Å². The minimum absolute atomic E-state index is 0.271. The molecule has 0 unspecified atom stereocenters. The third kappa shape index (κ3) is 3.60. The van der Waals surface area contributed by atoms with Crippen molar-refractivity contribution in [2.45, 2.75) is 45.2 Å². The molecule has 112 valence electrons. The van der Waals surface area contributed by atoms with E-state index in [4.69, 9.17) is 0 Å². The summed E-state index contributed by atoms with van der Waals surface area (Å²) < 4.78 is 2.10. The molecule has 5 nitrogen and oxygen atoms in total. The number of imidazole rings is 1. The molecule has 0 spiro atoms. The Morgan fingerprint density at radius 2 is 2.10 bits per heavy atom. The molecule has 1 aliphatic heterocycles. The molecule has 20 heavy (non-hydrogen) atoms. The lowest BCUT2D eigenvalue weighted by molar-refractivity contribution is -0.132. The van der Waals surface area contributed by atoms with Crippen molar-refractivity contribution in [3.8, 4) is 0 Å². The minimum Gasteiger partial charge on any atom is -0.343 e. The number of rotatable bonds is 5. The molecule has 0 aromatic carbocycles. The summed E-state index contributed by atoms with van der Waals surface area (Å²) in [7, 11) is 4.24. The molecule has 0 aliphatic carbocycles. The van der Waals surface area contributed by atoms with Crippen LogP contribution in [0.3, 0.4) is 0 Å². The van der Waals surface area contributed by atoms with Gasteiger partial charge < -0.3 is 14.4 Å². The Labute approximate surface area is 121 Å². The molecule has 1 fully saturated rings. The maximum atomic E-state index is 12.2. The van der Waals surface area contributed by atoms with Crippen LogP contribution in [0.5, 0.6) is 0 Å². The fourth-order valence-corrected chi connectivity index (χ4v) is 2.86. The fourth-order valence-electron chi connectivity index (χ4n) is 2.86. The van der Waals surface area contributed by atoms with E-state index in [1.807, 2.05) is 17.3 Å². The highest BCUT2D eigenvalue weighted by Gasteiger charge is 2.23. The predicted molar refractivity (Wildman–Crippen MR) is 79.5 cm³/mol. The van der Waals surface area contributed by atoms with Crippen LogP contribution < -0.4 is 0 Å². The Balaban J connectivity index is 1.79. The van der Waals surface area contributed by atoms with Crippen LogP contribution in [-0.4, -0.2) is 58.5 Å². The number of aromatic nitrogens is 2. The molecule has 5 heteroatoms. The predicted octanol–water partition coefficient (Wildman–Crippen LogP) is 1.39. The van der Waals surface area contributed by atoms with Crippen LogP contribution in [-0.2, 0) is 17.8 Å². The molecule has 1 amide bonds. The third-order valence-electron chi connectivity index (χ3n) is 4.25. The Morgan fingerprint density at radius 3 is 2.70 bits per heavy atom. The monoisotopic (exact) mass is 278 g/mol. The number of piperidine rings is 1. The smallest absolute Gasteiger partial charge is 0.223 e. The van der Waals surface area contributed by atoms with Gasteiger partial charge in [0.05, 0.1) is 0 Å². The van der Waals surface area contributed by atoms with Crippen molar-refractivity contribution in [1.82, 2.24) is 19.4 Å². The van der Waals surface area contributed by atoms with E-state index in [1.165, 1.54) is 0 Å². The van der Waals surface area contributed by atoms with Crippen molar-refractivity contribution in [3.63, 3.8) is 0 Å². The lowest BCUT2D eigenvalue weighted by atomic mass is 10.0. The first kappa shape index (κ1) is 15.0. The molecular weight excluding hydrogens is 252 g/mol. The summed E-state index contributed by atoms with van der Waals surface area (Å²) in [5.41, 5.74) is 0. The molecule has 1 aliphatic rings. The van der Waals surface area contributed by atoms with E-state index in [0.717, 1.165) is 44.7 Å². The molecule has 2 rings (SSSR count). The second-order valence-electron chi connectivity index (χ2n) is 5.71. The van der Waals surface area contributed by atoms with E-state index in [2.05, 4.69) is 35.5 Å². The molecule has 1 aromatic rings. The zero-order valence-electron chi connectivity index (χ0n) is 12.9. The van der Waals surface area contributed by atoms with Crippen LogP contribution in [0.1, 0.15) is 32.0 Å². The van der Waals surface area contributed by atoms with Gasteiger partial charge in [-0.3, -0.25) is 4.79 Å². The number of carbonyl (C=O) groups is 1. The van der Waals surface area contributed by atoms with Gasteiger partial charge in [-0.1, -0.05) is 0 Å². The summed E-state index contributed by atoms with van der Waals surface area (Å²) in [5, 5.41) is 0. The lowest BCUT2D eigenvalue weighted by Crippen LogP contribution is -2.44. The largest absolute Gasteiger partial charge is 0.343 e. The van der Waals surface area contributed by atoms with Crippen molar-refractivity contribution < 1.29 is 4.79 Å². The van der Waals surface area contributed by atoms with Gasteiger partial charge in [0.25, 0.3) is 0 Å². The molecule has 0 saturated carbocycles. The summed E-state index contributed by atoms with van der Waals surface area (Å²) in [5.74, 6) is 1.29. The minimum atomic E-state index is 0.271. The molecule has 0 atom stereocenters. The van der Waals surface area contributed by atoms with Gasteiger partial charge in [-0.25, -0.2) is 4.98 Å². The number of hydrogen-bond acceptors (Lipinski definition) is 3. The Hall–Kier alpha value is -1.36. The van der Waals surface area contributed by atoms with Crippen molar-refractivity contribution in [3.05, 3.63) is 18.2 Å². The standard InChI is InChI=1S/C15H26N4O/c1-4-18-12-9-16-14(18)5-6-15(20)19-10-7-13(8-11-19)17(2)3/h9,12-13H,4-8,10-11H2,1-3H3. The van der Waals surface area contributed by atoms with Gasteiger partial charge in [-0.2, -0.15) is 0 Å². The number of likely N-dealkylation sites (tertiary alicyclic amines) is 1. The van der Waals surface area contributed by atoms with Gasteiger partial charge in [0.1, 0.15) is 5.82 Å². The number of aryl methyl sites for hydroxylation is 2. The summed E-state index contributed by atoms with van der Waals surface area (Å²) in [4.78, 5) is 20.8. The number of amides is 1. The van der Waals surface area contributed by atoms with E-state index in [9.17, 15) is 4.79 Å². The van der Waals surface area contributed by atoms with Gasteiger partial charge in [0.2, 0.25) is 5.91 Å². The average Bonchev–Trinajstić information content (AvgIpc) is 2.92. The number of carbonyl (C=O) groups excluding carboxylic acids is 1. The first-order chi connectivity index (χ1) is 9.61. The summed E-state index contributed by atoms with van der Waals surface area (Å²) >= 11 is 0. The van der Waals surface area contributed by atoms with Gasteiger partial charge >= 0.3 is 0 Å². The first-order valence-corrected chi connectivity index (χ1v) is 7.56. The first-order valence-electron chi connectivity index (χ1n) is 7.56. The fraction of sp³-hybridized carbons (Fsp3) is 0.733. The van der Waals surface area contributed by atoms with E-state index in [-0.39, 0.29) is 5.91 Å². The maximum absolute atomic E-state index is 12.2. The van der Waals surface area contributed by atoms with Crippen molar-refractivity contribution in [2.75, 3.05) is 27.2 Å². The van der Waals surface area contributed by atoms with Crippen LogP contribution in [0.4, 0.5) is 0 Å². The van der Waals surface area contributed by atoms with Crippen LogP contribution >= 0.6 is 0 Å². The molecule has 0 bridgehead atoms. The molecule has 0 radical (unpaired) electrons. The zero-order chi connectivity index (χ0) is 14.5. The van der Waals surface area contributed by atoms with Crippen molar-refractivity contribution >= 4 is 5.91 Å². The highest BCUT2D eigenvalue weighted by Crippen LogP contribution is 2.15. The van der Waals surface area contributed by atoms with E-state index in [0.29, 0.717) is 12.5 Å². The van der Waals surface area contributed by atoms with Crippen LogP contribution in [0.25, 0.3) is 0 Å². The maximum Gasteiger partial charge on any atom is 0.223 e. The topological polar surface area (TPSA) is 41.4 Å². The Kier molecular flexibility index (Phi) is 5.17. The quantitative estimate of drug-likeness (QED) is 0.817. The van der Waals surface area contributed by atoms with Crippen molar-refractivity contribution in [2.24, 2.45) is 0 Å². The van der Waals surface area contributed by atoms with Gasteiger partial charge in [-0.05, 0) is 33.9 Å². The second kappa shape index (κ2) is 6.88. The van der Waals surface area contributed by atoms with E-state index in [1.54, 1.807) is 0 Å². The highest BCUT2D eigenvalue weighted by molar-refractivity contribution is 5.76. The Bertz CT molecular complexity index is 433. The summed E-state index contributed by atoms with van der Waals surface area (Å²) in [6.07, 6.45) is 7.27. The second-order valence-corrected chi connectivity index (χ2v) is 5.71. The SMILES string of the molecule is CCn1ccnc1CCC(=O)N1CCC(N(C)C)CC1. The van der Waals surface area contributed by atoms with Gasteiger partial charge in [-0.15, -0.1) is 0 Å². The molecule has 0 N–H and O–H groups in total. The Morgan fingerprint density at radius 1 is 1.40 bits per heavy atom. The number of nitrogens with zero attached hydrogens (tertiary/aromatic N) is 4. The summed E-state index contributed by atoms with van der Waals surface area (Å²) in [6, 6.07) is 0.623. The zero-order valence-corrected chi connectivity index (χ0v) is 12.9. The van der Waals surface area contributed by atoms with Crippen LogP contribution in [0.2, 0.25) is 0 Å². The lowest BCUT2D eigenvalue weighted by Gasteiger charge is -2.35.